The summed E-state index contributed by atoms with van der Waals surface area (Å²) in [6.07, 6.45) is 0. The molecule has 240 valence electrons. The molecule has 0 unspecified atom stereocenters. The van der Waals surface area contributed by atoms with Crippen molar-refractivity contribution in [1.29, 1.82) is 0 Å². The molecule has 0 N–H and O–H groups in total. The molecular formula is C47H30N2O2. The lowest BCUT2D eigenvalue weighted by atomic mass is 9.98. The summed E-state index contributed by atoms with van der Waals surface area (Å²) in [5.74, 6) is 0.551. The zero-order valence-corrected chi connectivity index (χ0v) is 27.5. The highest BCUT2D eigenvalue weighted by atomic mass is 16.4. The van der Waals surface area contributed by atoms with Crippen LogP contribution in [0.25, 0.3) is 77.5 Å². The third-order valence-corrected chi connectivity index (χ3v) is 9.70. The fourth-order valence-electron chi connectivity index (χ4n) is 7.27. The van der Waals surface area contributed by atoms with E-state index in [4.69, 9.17) is 13.8 Å². The van der Waals surface area contributed by atoms with Gasteiger partial charge in [-0.1, -0.05) is 127 Å². The molecule has 10 rings (SSSR count). The summed E-state index contributed by atoms with van der Waals surface area (Å²) < 4.78 is 13.2. The van der Waals surface area contributed by atoms with Crippen LogP contribution in [0.4, 0.5) is 17.1 Å². The first-order valence-corrected chi connectivity index (χ1v) is 17.1. The predicted molar refractivity (Wildman–Crippen MR) is 210 cm³/mol. The van der Waals surface area contributed by atoms with Gasteiger partial charge in [0.2, 0.25) is 5.89 Å². The topological polar surface area (TPSA) is 42.4 Å². The van der Waals surface area contributed by atoms with Crippen molar-refractivity contribution in [2.75, 3.05) is 4.90 Å². The maximum absolute atomic E-state index is 6.88. The number of benzene rings is 8. The van der Waals surface area contributed by atoms with E-state index < -0.39 is 0 Å². The third-order valence-electron chi connectivity index (χ3n) is 9.70. The Labute approximate surface area is 294 Å². The fraction of sp³-hybridized carbons (Fsp3) is 0. The van der Waals surface area contributed by atoms with E-state index in [1.165, 1.54) is 11.1 Å². The molecule has 0 aliphatic rings. The second-order valence-corrected chi connectivity index (χ2v) is 12.8. The minimum absolute atomic E-state index is 0.551. The Morgan fingerprint density at radius 3 is 1.78 bits per heavy atom. The standard InChI is InChI=1S/C47H30N2O2/c1-3-12-31(13-4-1)32-22-26-36(27-23-32)49(35-15-5-2-6-16-35)37-28-24-33(25-29-37)39-18-11-19-40-44-38-17-8-7-14-34(38)30-41(46(44)51-45(39)40)47-48-42-20-9-10-21-43(42)50-47/h1-30H. The molecule has 2 heterocycles. The first-order chi connectivity index (χ1) is 25.3. The van der Waals surface area contributed by atoms with E-state index in [2.05, 4.69) is 157 Å². The summed E-state index contributed by atoms with van der Waals surface area (Å²) in [5, 5.41) is 4.37. The van der Waals surface area contributed by atoms with Gasteiger partial charge in [0.25, 0.3) is 0 Å². The van der Waals surface area contributed by atoms with Crippen molar-refractivity contribution in [3.63, 3.8) is 0 Å². The number of anilines is 3. The van der Waals surface area contributed by atoms with Gasteiger partial charge in [-0.25, -0.2) is 4.98 Å². The molecular weight excluding hydrogens is 625 g/mol. The van der Waals surface area contributed by atoms with Crippen LogP contribution in [0.2, 0.25) is 0 Å². The molecule has 10 aromatic rings. The van der Waals surface area contributed by atoms with Crippen LogP contribution < -0.4 is 4.90 Å². The molecule has 0 fully saturated rings. The number of para-hydroxylation sites is 4. The Bertz CT molecular complexity index is 2800. The minimum atomic E-state index is 0.551. The fourth-order valence-corrected chi connectivity index (χ4v) is 7.27. The summed E-state index contributed by atoms with van der Waals surface area (Å²) in [7, 11) is 0. The third kappa shape index (κ3) is 4.96. The minimum Gasteiger partial charge on any atom is -0.455 e. The lowest BCUT2D eigenvalue weighted by Crippen LogP contribution is -2.09. The lowest BCUT2D eigenvalue weighted by Gasteiger charge is -2.26. The molecule has 0 radical (unpaired) electrons. The summed E-state index contributed by atoms with van der Waals surface area (Å²) >= 11 is 0. The first kappa shape index (κ1) is 29.0. The Balaban J connectivity index is 1.10. The summed E-state index contributed by atoms with van der Waals surface area (Å²) in [6.45, 7) is 0. The predicted octanol–water partition coefficient (Wildman–Crippen LogP) is 13.4. The van der Waals surface area contributed by atoms with Crippen LogP contribution >= 0.6 is 0 Å². The first-order valence-electron chi connectivity index (χ1n) is 17.1. The van der Waals surface area contributed by atoms with Gasteiger partial charge in [0.05, 0.1) is 5.56 Å². The summed E-state index contributed by atoms with van der Waals surface area (Å²) in [4.78, 5) is 7.15. The van der Waals surface area contributed by atoms with Crippen LogP contribution in [0.5, 0.6) is 0 Å². The molecule has 51 heavy (non-hydrogen) atoms. The second kappa shape index (κ2) is 11.9. The van der Waals surface area contributed by atoms with Gasteiger partial charge in [-0.05, 0) is 82.1 Å². The van der Waals surface area contributed by atoms with E-state index in [1.807, 2.05) is 30.3 Å². The number of hydrogen-bond acceptors (Lipinski definition) is 4. The van der Waals surface area contributed by atoms with Crippen LogP contribution in [0, 0.1) is 0 Å². The maximum Gasteiger partial charge on any atom is 0.231 e. The van der Waals surface area contributed by atoms with E-state index >= 15 is 0 Å². The quantitative estimate of drug-likeness (QED) is 0.179. The number of rotatable bonds is 6. The highest BCUT2D eigenvalue weighted by Crippen LogP contribution is 2.44. The highest BCUT2D eigenvalue weighted by molar-refractivity contribution is 6.23. The summed E-state index contributed by atoms with van der Waals surface area (Å²) in [5.41, 5.74) is 11.8. The number of furan rings is 1. The van der Waals surface area contributed by atoms with E-state index in [9.17, 15) is 0 Å². The smallest absolute Gasteiger partial charge is 0.231 e. The number of fused-ring (bicyclic) bond motifs is 6. The largest absolute Gasteiger partial charge is 0.455 e. The molecule has 0 atom stereocenters. The highest BCUT2D eigenvalue weighted by Gasteiger charge is 2.22. The van der Waals surface area contributed by atoms with Gasteiger partial charge >= 0.3 is 0 Å². The van der Waals surface area contributed by atoms with Gasteiger partial charge in [0.1, 0.15) is 16.7 Å². The monoisotopic (exact) mass is 654 g/mol. The second-order valence-electron chi connectivity index (χ2n) is 12.8. The van der Waals surface area contributed by atoms with Crippen molar-refractivity contribution in [3.8, 4) is 33.7 Å². The van der Waals surface area contributed by atoms with E-state index in [1.54, 1.807) is 0 Å². The van der Waals surface area contributed by atoms with Crippen molar-refractivity contribution >= 4 is 60.9 Å². The van der Waals surface area contributed by atoms with Gasteiger partial charge in [0.15, 0.2) is 5.58 Å². The normalized spacial score (nSPS) is 11.5. The molecule has 0 amide bonds. The zero-order chi connectivity index (χ0) is 33.7. The number of aromatic nitrogens is 1. The average Bonchev–Trinajstić information content (AvgIpc) is 3.82. The van der Waals surface area contributed by atoms with Gasteiger partial charge in [0, 0.05) is 33.4 Å². The van der Waals surface area contributed by atoms with Crippen LogP contribution in [-0.2, 0) is 0 Å². The lowest BCUT2D eigenvalue weighted by molar-refractivity contribution is 0.615. The Morgan fingerprint density at radius 1 is 0.412 bits per heavy atom. The molecule has 8 aromatic carbocycles. The van der Waals surface area contributed by atoms with Gasteiger partial charge in [-0.15, -0.1) is 0 Å². The van der Waals surface area contributed by atoms with Crippen LogP contribution in [-0.4, -0.2) is 4.98 Å². The molecule has 0 saturated heterocycles. The van der Waals surface area contributed by atoms with E-state index in [0.29, 0.717) is 5.89 Å². The van der Waals surface area contributed by atoms with Crippen molar-refractivity contribution < 1.29 is 8.83 Å². The van der Waals surface area contributed by atoms with Crippen LogP contribution in [0.1, 0.15) is 0 Å². The van der Waals surface area contributed by atoms with Gasteiger partial charge < -0.3 is 13.7 Å². The molecule has 0 aliphatic heterocycles. The molecule has 0 spiro atoms. The Kier molecular flexibility index (Phi) is 6.78. The average molecular weight is 655 g/mol. The molecule has 0 saturated carbocycles. The van der Waals surface area contributed by atoms with Crippen LogP contribution in [0.3, 0.4) is 0 Å². The molecule has 0 bridgehead atoms. The van der Waals surface area contributed by atoms with Crippen molar-refractivity contribution in [3.05, 3.63) is 182 Å². The van der Waals surface area contributed by atoms with Crippen molar-refractivity contribution in [1.82, 2.24) is 4.98 Å². The van der Waals surface area contributed by atoms with E-state index in [-0.39, 0.29) is 0 Å². The van der Waals surface area contributed by atoms with Gasteiger partial charge in [-0.2, -0.15) is 0 Å². The van der Waals surface area contributed by atoms with Crippen LogP contribution in [0.15, 0.2) is 191 Å². The summed E-state index contributed by atoms with van der Waals surface area (Å²) in [6, 6.07) is 63.3. The Hall–Kier alpha value is -6.91. The number of hydrogen-bond donors (Lipinski definition) is 0. The van der Waals surface area contributed by atoms with E-state index in [0.717, 1.165) is 77.6 Å². The van der Waals surface area contributed by atoms with Crippen molar-refractivity contribution in [2.24, 2.45) is 0 Å². The molecule has 4 heteroatoms. The SMILES string of the molecule is c1ccc(-c2ccc(N(c3ccccc3)c3ccc(-c4cccc5c4oc4c(-c6nc7ccccc7o6)cc6ccccc6c45)cc3)cc2)cc1. The number of oxazole rings is 1. The van der Waals surface area contributed by atoms with Crippen molar-refractivity contribution in [2.45, 2.75) is 0 Å². The van der Waals surface area contributed by atoms with Gasteiger partial charge in [-0.3, -0.25) is 0 Å². The molecule has 0 aliphatic carbocycles. The number of nitrogens with zero attached hydrogens (tertiary/aromatic N) is 2. The Morgan fingerprint density at radius 2 is 1.02 bits per heavy atom. The molecule has 2 aromatic heterocycles. The molecule has 4 nitrogen and oxygen atoms in total. The maximum atomic E-state index is 6.88. The zero-order valence-electron chi connectivity index (χ0n) is 27.5.